The van der Waals surface area contributed by atoms with Crippen LogP contribution in [0.3, 0.4) is 0 Å². The van der Waals surface area contributed by atoms with Gasteiger partial charge in [-0.15, -0.1) is 0 Å². The van der Waals surface area contributed by atoms with Crippen LogP contribution >= 0.6 is 0 Å². The van der Waals surface area contributed by atoms with Crippen molar-refractivity contribution in [3.63, 3.8) is 0 Å². The molecule has 6 heteroatoms. The Labute approximate surface area is 141 Å². The number of anilines is 1. The molecule has 24 heavy (non-hydrogen) atoms. The molecule has 2 amide bonds. The molecule has 0 radical (unpaired) electrons. The van der Waals surface area contributed by atoms with Gasteiger partial charge < -0.3 is 14.9 Å². The van der Waals surface area contributed by atoms with Crippen LogP contribution in [0, 0.1) is 5.92 Å². The number of carboxylic acid groups (broad SMARTS) is 1. The molecule has 2 saturated heterocycles. The maximum absolute atomic E-state index is 12.7. The van der Waals surface area contributed by atoms with E-state index in [4.69, 9.17) is 0 Å². The summed E-state index contributed by atoms with van der Waals surface area (Å²) in [5, 5.41) is 9.40. The van der Waals surface area contributed by atoms with Crippen molar-refractivity contribution in [2.75, 3.05) is 18.0 Å². The molecule has 0 aliphatic carbocycles. The standard InChI is InChI=1S/C18H22N2O4/c1-12-8-10-20(15(11-12)18(23)24)17(22)13-4-6-14(7-5-13)19-9-2-3-16(19)21/h4-7,12,15H,2-3,8-11H2,1H3,(H,23,24). The largest absolute Gasteiger partial charge is 0.480 e. The van der Waals surface area contributed by atoms with Crippen molar-refractivity contribution in [3.8, 4) is 0 Å². The maximum Gasteiger partial charge on any atom is 0.326 e. The summed E-state index contributed by atoms with van der Waals surface area (Å²) in [4.78, 5) is 39.1. The lowest BCUT2D eigenvalue weighted by Gasteiger charge is -2.36. The highest BCUT2D eigenvalue weighted by Crippen LogP contribution is 2.26. The lowest BCUT2D eigenvalue weighted by Crippen LogP contribution is -2.49. The minimum atomic E-state index is -0.950. The Morgan fingerprint density at radius 1 is 1.17 bits per heavy atom. The van der Waals surface area contributed by atoms with Crippen molar-refractivity contribution in [1.29, 1.82) is 0 Å². The number of nitrogens with zero attached hydrogens (tertiary/aromatic N) is 2. The second kappa shape index (κ2) is 6.63. The first kappa shape index (κ1) is 16.5. The molecule has 2 aliphatic heterocycles. The molecule has 128 valence electrons. The van der Waals surface area contributed by atoms with Gasteiger partial charge in [0.15, 0.2) is 0 Å². The second-order valence-corrected chi connectivity index (χ2v) is 6.68. The van der Waals surface area contributed by atoms with E-state index in [2.05, 4.69) is 0 Å². The van der Waals surface area contributed by atoms with Crippen LogP contribution in [0.1, 0.15) is 43.0 Å². The first-order chi connectivity index (χ1) is 11.5. The number of benzene rings is 1. The van der Waals surface area contributed by atoms with E-state index < -0.39 is 12.0 Å². The number of rotatable bonds is 3. The lowest BCUT2D eigenvalue weighted by molar-refractivity contribution is -0.144. The third kappa shape index (κ3) is 3.13. The highest BCUT2D eigenvalue weighted by molar-refractivity contribution is 5.98. The van der Waals surface area contributed by atoms with E-state index >= 15 is 0 Å². The number of amides is 2. The first-order valence-corrected chi connectivity index (χ1v) is 8.41. The minimum Gasteiger partial charge on any atom is -0.480 e. The van der Waals surface area contributed by atoms with E-state index in [1.807, 2.05) is 6.92 Å². The van der Waals surface area contributed by atoms with E-state index in [-0.39, 0.29) is 11.8 Å². The molecule has 2 atom stereocenters. The van der Waals surface area contributed by atoms with Gasteiger partial charge in [0.25, 0.3) is 5.91 Å². The summed E-state index contributed by atoms with van der Waals surface area (Å²) in [6, 6.07) is 6.12. The van der Waals surface area contributed by atoms with E-state index in [0.29, 0.717) is 37.4 Å². The van der Waals surface area contributed by atoms with E-state index in [1.54, 1.807) is 29.2 Å². The van der Waals surface area contributed by atoms with Crippen molar-refractivity contribution < 1.29 is 19.5 Å². The molecule has 1 aromatic carbocycles. The number of aliphatic carboxylic acids is 1. The summed E-state index contributed by atoms with van der Waals surface area (Å²) in [6.07, 6.45) is 2.72. The molecule has 6 nitrogen and oxygen atoms in total. The molecule has 0 bridgehead atoms. The third-order valence-electron chi connectivity index (χ3n) is 4.91. The van der Waals surface area contributed by atoms with Crippen molar-refractivity contribution >= 4 is 23.5 Å². The number of carbonyl (C=O) groups excluding carboxylic acids is 2. The van der Waals surface area contributed by atoms with Crippen LogP contribution in [0.5, 0.6) is 0 Å². The molecule has 2 heterocycles. The van der Waals surface area contributed by atoms with Crippen LogP contribution < -0.4 is 4.90 Å². The van der Waals surface area contributed by atoms with Crippen LogP contribution in [-0.4, -0.2) is 46.9 Å². The second-order valence-electron chi connectivity index (χ2n) is 6.68. The van der Waals surface area contributed by atoms with Gasteiger partial charge in [0.1, 0.15) is 6.04 Å². The molecule has 1 aromatic rings. The van der Waals surface area contributed by atoms with Crippen LogP contribution in [0.25, 0.3) is 0 Å². The van der Waals surface area contributed by atoms with Crippen LogP contribution in [0.4, 0.5) is 5.69 Å². The number of carbonyl (C=O) groups is 3. The third-order valence-corrected chi connectivity index (χ3v) is 4.91. The van der Waals surface area contributed by atoms with Gasteiger partial charge in [-0.2, -0.15) is 0 Å². The summed E-state index contributed by atoms with van der Waals surface area (Å²) < 4.78 is 0. The summed E-state index contributed by atoms with van der Waals surface area (Å²) >= 11 is 0. The summed E-state index contributed by atoms with van der Waals surface area (Å²) in [7, 11) is 0. The minimum absolute atomic E-state index is 0.102. The average molecular weight is 330 g/mol. The van der Waals surface area contributed by atoms with Crippen LogP contribution in [-0.2, 0) is 9.59 Å². The first-order valence-electron chi connectivity index (χ1n) is 8.41. The van der Waals surface area contributed by atoms with Gasteiger partial charge in [0, 0.05) is 30.8 Å². The van der Waals surface area contributed by atoms with E-state index in [1.165, 1.54) is 4.90 Å². The van der Waals surface area contributed by atoms with Gasteiger partial charge in [-0.3, -0.25) is 9.59 Å². The summed E-state index contributed by atoms with van der Waals surface area (Å²) in [5.74, 6) is -0.800. The molecular formula is C18H22N2O4. The SMILES string of the molecule is CC1CCN(C(=O)c2ccc(N3CCCC3=O)cc2)C(C(=O)O)C1. The van der Waals surface area contributed by atoms with Crippen molar-refractivity contribution in [1.82, 2.24) is 4.90 Å². The smallest absolute Gasteiger partial charge is 0.326 e. The quantitative estimate of drug-likeness (QED) is 0.921. The Balaban J connectivity index is 1.77. The van der Waals surface area contributed by atoms with Gasteiger partial charge in [-0.05, 0) is 49.4 Å². The Morgan fingerprint density at radius 3 is 2.46 bits per heavy atom. The fourth-order valence-corrected chi connectivity index (χ4v) is 3.49. The zero-order chi connectivity index (χ0) is 17.3. The number of hydrogen-bond acceptors (Lipinski definition) is 3. The van der Waals surface area contributed by atoms with Gasteiger partial charge in [-0.25, -0.2) is 4.79 Å². The zero-order valence-corrected chi connectivity index (χ0v) is 13.8. The average Bonchev–Trinajstić information content (AvgIpc) is 3.00. The Hall–Kier alpha value is -2.37. The number of likely N-dealkylation sites (tertiary alicyclic amines) is 1. The summed E-state index contributed by atoms with van der Waals surface area (Å²) in [5.41, 5.74) is 1.25. The highest BCUT2D eigenvalue weighted by Gasteiger charge is 2.35. The van der Waals surface area contributed by atoms with Gasteiger partial charge in [-0.1, -0.05) is 6.92 Å². The molecule has 1 N–H and O–H groups in total. The molecule has 0 aromatic heterocycles. The van der Waals surface area contributed by atoms with Gasteiger partial charge >= 0.3 is 5.97 Å². The molecular weight excluding hydrogens is 308 g/mol. The van der Waals surface area contributed by atoms with Gasteiger partial charge in [0.05, 0.1) is 0 Å². The van der Waals surface area contributed by atoms with Crippen molar-refractivity contribution in [2.24, 2.45) is 5.92 Å². The molecule has 3 rings (SSSR count). The van der Waals surface area contributed by atoms with Gasteiger partial charge in [0.2, 0.25) is 5.91 Å². The number of carboxylic acids is 1. The van der Waals surface area contributed by atoms with E-state index in [9.17, 15) is 19.5 Å². The highest BCUT2D eigenvalue weighted by atomic mass is 16.4. The molecule has 0 saturated carbocycles. The predicted octanol–water partition coefficient (Wildman–Crippen LogP) is 2.14. The van der Waals surface area contributed by atoms with E-state index in [0.717, 1.165) is 18.5 Å². The van der Waals surface area contributed by atoms with Crippen LogP contribution in [0.2, 0.25) is 0 Å². The Bertz CT molecular complexity index is 655. The van der Waals surface area contributed by atoms with Crippen molar-refractivity contribution in [3.05, 3.63) is 29.8 Å². The van der Waals surface area contributed by atoms with Crippen LogP contribution in [0.15, 0.2) is 24.3 Å². The Morgan fingerprint density at radius 2 is 1.88 bits per heavy atom. The predicted molar refractivity (Wildman–Crippen MR) is 88.9 cm³/mol. The Kier molecular flexibility index (Phi) is 4.55. The lowest BCUT2D eigenvalue weighted by atomic mass is 9.92. The monoisotopic (exact) mass is 330 g/mol. The number of piperidine rings is 1. The summed E-state index contributed by atoms with van der Waals surface area (Å²) in [6.45, 7) is 3.18. The number of hydrogen-bond donors (Lipinski definition) is 1. The molecule has 2 aliphatic rings. The fraction of sp³-hybridized carbons (Fsp3) is 0.500. The maximum atomic E-state index is 12.7. The fourth-order valence-electron chi connectivity index (χ4n) is 3.49. The molecule has 2 unspecified atom stereocenters. The zero-order valence-electron chi connectivity index (χ0n) is 13.8. The topological polar surface area (TPSA) is 77.9 Å². The molecule has 2 fully saturated rings. The normalized spacial score (nSPS) is 24.3. The molecule has 0 spiro atoms. The van der Waals surface area contributed by atoms with Crippen molar-refractivity contribution in [2.45, 2.75) is 38.6 Å².